The molecule has 2 aliphatic rings. The van der Waals surface area contributed by atoms with E-state index >= 15 is 0 Å². The summed E-state index contributed by atoms with van der Waals surface area (Å²) in [6.45, 7) is 0.850. The molecule has 3 aromatic carbocycles. The fraction of sp³-hybridized carbons (Fsp3) is 0.241. The molecule has 6 rings (SSSR count). The molecule has 0 radical (unpaired) electrons. The number of benzene rings is 3. The maximum atomic E-state index is 12.0. The number of rotatable bonds is 6. The minimum atomic E-state index is -0.413. The lowest BCUT2D eigenvalue weighted by Crippen LogP contribution is -2.15. The number of ether oxygens (including phenoxy) is 3. The van der Waals surface area contributed by atoms with Crippen LogP contribution in [0.2, 0.25) is 10.0 Å². The van der Waals surface area contributed by atoms with E-state index in [4.69, 9.17) is 41.9 Å². The molecular weight excluding hydrogens is 527 g/mol. The van der Waals surface area contributed by atoms with Gasteiger partial charge in [0.15, 0.2) is 5.75 Å². The molecule has 7 nitrogen and oxygen atoms in total. The van der Waals surface area contributed by atoms with Crippen LogP contribution in [0.1, 0.15) is 46.0 Å². The van der Waals surface area contributed by atoms with Crippen LogP contribution in [-0.4, -0.2) is 25.3 Å². The van der Waals surface area contributed by atoms with Gasteiger partial charge in [-0.1, -0.05) is 34.4 Å². The third-order valence-corrected chi connectivity index (χ3v) is 7.43. The van der Waals surface area contributed by atoms with Crippen LogP contribution in [0.15, 0.2) is 59.1 Å². The largest absolute Gasteiger partial charge is 0.489 e. The van der Waals surface area contributed by atoms with E-state index in [-0.39, 0.29) is 6.61 Å². The van der Waals surface area contributed by atoms with Crippen molar-refractivity contribution < 1.29 is 23.5 Å². The molecule has 1 fully saturated rings. The monoisotopic (exact) mass is 550 g/mol. The first-order valence-corrected chi connectivity index (χ1v) is 13.0. The Morgan fingerprint density at radius 1 is 1.08 bits per heavy atom. The van der Waals surface area contributed by atoms with Crippen LogP contribution in [0.4, 0.5) is 5.69 Å². The molecule has 1 aliphatic carbocycles. The number of aromatic nitrogens is 1. The van der Waals surface area contributed by atoms with Gasteiger partial charge in [0, 0.05) is 30.6 Å². The first-order valence-electron chi connectivity index (χ1n) is 12.2. The fourth-order valence-electron chi connectivity index (χ4n) is 4.69. The van der Waals surface area contributed by atoms with E-state index in [2.05, 4.69) is 10.1 Å². The summed E-state index contributed by atoms with van der Waals surface area (Å²) in [5.74, 6) is 2.70. The summed E-state index contributed by atoms with van der Waals surface area (Å²) in [6.07, 6.45) is 2.11. The molecule has 1 aromatic heterocycles. The zero-order valence-electron chi connectivity index (χ0n) is 20.8. The Labute approximate surface area is 229 Å². The van der Waals surface area contributed by atoms with Crippen molar-refractivity contribution in [2.24, 2.45) is 0 Å². The average molecular weight is 551 g/mol. The van der Waals surface area contributed by atoms with E-state index in [1.807, 2.05) is 31.3 Å². The molecule has 0 amide bonds. The number of hydrogen-bond donors (Lipinski definition) is 0. The number of methoxy groups -OCH3 is 1. The van der Waals surface area contributed by atoms with Gasteiger partial charge in [-0.05, 0) is 61.4 Å². The molecule has 0 N–H and O–H groups in total. The summed E-state index contributed by atoms with van der Waals surface area (Å²) in [7, 11) is 3.33. The zero-order valence-corrected chi connectivity index (χ0v) is 22.3. The van der Waals surface area contributed by atoms with Crippen molar-refractivity contribution in [2.45, 2.75) is 31.9 Å². The Balaban J connectivity index is 1.28. The van der Waals surface area contributed by atoms with E-state index < -0.39 is 5.97 Å². The van der Waals surface area contributed by atoms with Crippen LogP contribution in [0, 0.1) is 0 Å². The number of carbonyl (C=O) groups is 1. The van der Waals surface area contributed by atoms with Crippen LogP contribution >= 0.6 is 23.2 Å². The molecule has 0 spiro atoms. The second-order valence-electron chi connectivity index (χ2n) is 9.44. The molecular formula is C29H24Cl2N2O5. The van der Waals surface area contributed by atoms with E-state index in [1.165, 1.54) is 7.11 Å². The Hall–Kier alpha value is -3.68. The standard InChI is InChI=1S/C29H24Cl2N2O5/c1-33-14-18-12-19(9-11-24(18)37-25-13-17(29(34)35-2)8-10-23(25)33)36-15-20-27(32-38-28(20)16-6-7-16)26-21(30)4-3-5-22(26)31/h3-5,8-13,16H,6-7,14-15H2,1-2H3. The number of hydrogen-bond acceptors (Lipinski definition) is 7. The molecule has 0 unspecified atom stereocenters. The summed E-state index contributed by atoms with van der Waals surface area (Å²) >= 11 is 13.0. The Bertz CT molecular complexity index is 1530. The fourth-order valence-corrected chi connectivity index (χ4v) is 5.26. The molecule has 9 heteroatoms. The van der Waals surface area contributed by atoms with Gasteiger partial charge < -0.3 is 23.6 Å². The number of anilines is 1. The molecule has 0 atom stereocenters. The van der Waals surface area contributed by atoms with E-state index in [0.29, 0.717) is 56.6 Å². The summed E-state index contributed by atoms with van der Waals surface area (Å²) < 4.78 is 23.1. The minimum Gasteiger partial charge on any atom is -0.489 e. The summed E-state index contributed by atoms with van der Waals surface area (Å²) in [6, 6.07) is 16.4. The topological polar surface area (TPSA) is 74.0 Å². The van der Waals surface area contributed by atoms with Gasteiger partial charge in [-0.15, -0.1) is 0 Å². The van der Waals surface area contributed by atoms with Crippen molar-refractivity contribution in [1.82, 2.24) is 5.16 Å². The normalized spacial score (nSPS) is 14.3. The van der Waals surface area contributed by atoms with Gasteiger partial charge in [-0.3, -0.25) is 0 Å². The van der Waals surface area contributed by atoms with E-state index in [9.17, 15) is 4.79 Å². The quantitative estimate of drug-likeness (QED) is 0.228. The summed E-state index contributed by atoms with van der Waals surface area (Å²) in [5.41, 5.74) is 4.36. The van der Waals surface area contributed by atoms with Gasteiger partial charge >= 0.3 is 5.97 Å². The Kier molecular flexibility index (Phi) is 6.41. The van der Waals surface area contributed by atoms with Crippen LogP contribution in [-0.2, 0) is 17.9 Å². The Morgan fingerprint density at radius 2 is 1.87 bits per heavy atom. The highest BCUT2D eigenvalue weighted by atomic mass is 35.5. The zero-order chi connectivity index (χ0) is 26.4. The highest BCUT2D eigenvalue weighted by molar-refractivity contribution is 6.39. The Morgan fingerprint density at radius 3 is 2.61 bits per heavy atom. The van der Waals surface area contributed by atoms with Crippen LogP contribution in [0.3, 0.4) is 0 Å². The minimum absolute atomic E-state index is 0.254. The van der Waals surface area contributed by atoms with Crippen LogP contribution in [0.5, 0.6) is 17.2 Å². The SMILES string of the molecule is COC(=O)c1ccc2c(c1)Oc1ccc(OCc3c(-c4c(Cl)cccc4Cl)noc3C3CC3)cc1CN2C. The smallest absolute Gasteiger partial charge is 0.337 e. The first kappa shape index (κ1) is 24.6. The van der Waals surface area contributed by atoms with Crippen molar-refractivity contribution in [3.05, 3.63) is 87.1 Å². The second-order valence-corrected chi connectivity index (χ2v) is 10.2. The van der Waals surface area contributed by atoms with E-state index in [0.717, 1.165) is 35.4 Å². The van der Waals surface area contributed by atoms with Crippen molar-refractivity contribution in [1.29, 1.82) is 0 Å². The molecule has 0 saturated heterocycles. The number of halogens is 2. The molecule has 1 saturated carbocycles. The van der Waals surface area contributed by atoms with Crippen molar-refractivity contribution in [3.63, 3.8) is 0 Å². The van der Waals surface area contributed by atoms with Gasteiger partial charge in [0.05, 0.1) is 34.0 Å². The number of esters is 1. The van der Waals surface area contributed by atoms with Crippen molar-refractivity contribution in [3.8, 4) is 28.5 Å². The highest BCUT2D eigenvalue weighted by Crippen LogP contribution is 2.46. The number of carbonyl (C=O) groups excluding carboxylic acids is 1. The van der Waals surface area contributed by atoms with Gasteiger partial charge in [0.1, 0.15) is 29.6 Å². The van der Waals surface area contributed by atoms with Gasteiger partial charge in [0.2, 0.25) is 0 Å². The van der Waals surface area contributed by atoms with Gasteiger partial charge in [0.25, 0.3) is 0 Å². The highest BCUT2D eigenvalue weighted by Gasteiger charge is 2.34. The second kappa shape index (κ2) is 9.89. The van der Waals surface area contributed by atoms with Gasteiger partial charge in [-0.2, -0.15) is 0 Å². The molecule has 194 valence electrons. The maximum absolute atomic E-state index is 12.0. The summed E-state index contributed by atoms with van der Waals surface area (Å²) in [5, 5.41) is 5.36. The van der Waals surface area contributed by atoms with Gasteiger partial charge in [-0.25, -0.2) is 4.79 Å². The first-order chi connectivity index (χ1) is 18.4. The molecule has 1 aliphatic heterocycles. The van der Waals surface area contributed by atoms with Crippen LogP contribution in [0.25, 0.3) is 11.3 Å². The van der Waals surface area contributed by atoms with Crippen molar-refractivity contribution in [2.75, 3.05) is 19.1 Å². The predicted molar refractivity (Wildman–Crippen MR) is 145 cm³/mol. The van der Waals surface area contributed by atoms with Crippen molar-refractivity contribution >= 4 is 34.9 Å². The van der Waals surface area contributed by atoms with Crippen LogP contribution < -0.4 is 14.4 Å². The van der Waals surface area contributed by atoms with E-state index in [1.54, 1.807) is 30.3 Å². The lowest BCUT2D eigenvalue weighted by Gasteiger charge is -2.18. The lowest BCUT2D eigenvalue weighted by molar-refractivity contribution is 0.0600. The molecule has 0 bridgehead atoms. The lowest BCUT2D eigenvalue weighted by atomic mass is 10.0. The third kappa shape index (κ3) is 4.57. The molecule has 2 heterocycles. The number of nitrogens with zero attached hydrogens (tertiary/aromatic N) is 2. The average Bonchev–Trinajstić information content (AvgIpc) is 3.69. The predicted octanol–water partition coefficient (Wildman–Crippen LogP) is 7.63. The molecule has 38 heavy (non-hydrogen) atoms. The number of fused-ring (bicyclic) bond motifs is 2. The maximum Gasteiger partial charge on any atom is 0.337 e. The summed E-state index contributed by atoms with van der Waals surface area (Å²) in [4.78, 5) is 14.1. The third-order valence-electron chi connectivity index (χ3n) is 6.80. The molecule has 4 aromatic rings.